The molecule has 1 aromatic heterocycles. The Hall–Kier alpha value is -5.14. The van der Waals surface area contributed by atoms with Gasteiger partial charge in [0.2, 0.25) is 5.75 Å². The molecule has 0 radical (unpaired) electrons. The van der Waals surface area contributed by atoms with Gasteiger partial charge in [-0.05, 0) is 29.8 Å². The third-order valence-electron chi connectivity index (χ3n) is 5.49. The number of rotatable bonds is 4. The predicted molar refractivity (Wildman–Crippen MR) is 140 cm³/mol. The summed E-state index contributed by atoms with van der Waals surface area (Å²) in [7, 11) is 0. The van der Waals surface area contributed by atoms with Gasteiger partial charge in [0.1, 0.15) is 0 Å². The number of hydrogen-bond acceptors (Lipinski definition) is 4. The van der Waals surface area contributed by atoms with Crippen molar-refractivity contribution in [2.45, 2.75) is 0 Å². The number of hydrogen-bond donors (Lipinski definition) is 0. The average Bonchev–Trinajstić information content (AvgIpc) is 2.95. The Morgan fingerprint density at radius 1 is 0.639 bits per heavy atom. The van der Waals surface area contributed by atoms with Crippen LogP contribution in [0.4, 0.5) is 0 Å². The molecule has 0 saturated carbocycles. The lowest BCUT2D eigenvalue weighted by molar-refractivity contribution is 0.0729. The Balaban J connectivity index is 1.78. The van der Waals surface area contributed by atoms with Gasteiger partial charge in [-0.15, -0.1) is 0 Å². The largest absolute Gasteiger partial charge is 0.419 e. The van der Waals surface area contributed by atoms with Gasteiger partial charge < -0.3 is 9.15 Å². The first kappa shape index (κ1) is 22.6. The van der Waals surface area contributed by atoms with Gasteiger partial charge in [0, 0.05) is 11.1 Å². The minimum Gasteiger partial charge on any atom is -0.419 e. The maximum atomic E-state index is 13.3. The minimum atomic E-state index is -0.762. The van der Waals surface area contributed by atoms with Crippen LogP contribution in [-0.4, -0.2) is 5.97 Å². The van der Waals surface area contributed by atoms with E-state index >= 15 is 0 Å². The molecule has 4 aromatic carbocycles. The fraction of sp³-hybridized carbons (Fsp3) is 0. The van der Waals surface area contributed by atoms with Crippen LogP contribution < -0.4 is 10.4 Å². The molecule has 0 aliphatic carbocycles. The van der Waals surface area contributed by atoms with E-state index in [1.165, 1.54) is 0 Å². The zero-order chi connectivity index (χ0) is 24.7. The average molecular weight is 469 g/mol. The highest BCUT2D eigenvalue weighted by atomic mass is 16.5. The third kappa shape index (κ3) is 4.86. The summed E-state index contributed by atoms with van der Waals surface area (Å²) in [6.07, 6.45) is 0. The summed E-state index contributed by atoms with van der Waals surface area (Å²) in [5.41, 5.74) is 2.57. The molecule has 0 aliphatic heterocycles. The molecule has 0 spiro atoms. The molecule has 0 bridgehead atoms. The van der Waals surface area contributed by atoms with E-state index in [0.717, 1.165) is 5.56 Å². The van der Waals surface area contributed by atoms with Crippen LogP contribution in [-0.2, 0) is 0 Å². The Morgan fingerprint density at radius 2 is 1.17 bits per heavy atom. The van der Waals surface area contributed by atoms with E-state index < -0.39 is 11.6 Å². The second kappa shape index (κ2) is 10.4. The van der Waals surface area contributed by atoms with Crippen molar-refractivity contribution in [3.05, 3.63) is 148 Å². The van der Waals surface area contributed by atoms with E-state index in [2.05, 4.69) is 11.8 Å². The maximum absolute atomic E-state index is 13.3. The van der Waals surface area contributed by atoms with Crippen molar-refractivity contribution >= 4 is 5.97 Å². The number of benzene rings is 4. The normalized spacial score (nSPS) is 10.2. The van der Waals surface area contributed by atoms with E-state index in [9.17, 15) is 9.59 Å². The molecule has 4 nitrogen and oxygen atoms in total. The number of esters is 1. The first-order valence-corrected chi connectivity index (χ1v) is 11.4. The van der Waals surface area contributed by atoms with Crippen LogP contribution in [0.15, 0.2) is 131 Å². The van der Waals surface area contributed by atoms with Gasteiger partial charge in [-0.2, -0.15) is 0 Å². The quantitative estimate of drug-likeness (QED) is 0.220. The van der Waals surface area contributed by atoms with Crippen LogP contribution in [0.5, 0.6) is 5.75 Å². The van der Waals surface area contributed by atoms with Gasteiger partial charge in [-0.3, -0.25) is 0 Å². The maximum Gasteiger partial charge on any atom is 0.380 e. The Bertz CT molecular complexity index is 1610. The SMILES string of the molecule is O=C(Oc1c(-c2ccccc2)c(C#Cc2ccccc2)c(-c2ccccc2)oc1=O)c1ccccc1. The molecule has 0 N–H and O–H groups in total. The summed E-state index contributed by atoms with van der Waals surface area (Å²) in [6, 6.07) is 36.6. The lowest BCUT2D eigenvalue weighted by atomic mass is 9.96. The highest BCUT2D eigenvalue weighted by Gasteiger charge is 2.25. The van der Waals surface area contributed by atoms with Gasteiger partial charge in [-0.25, -0.2) is 9.59 Å². The molecule has 0 atom stereocenters. The second-order valence-electron chi connectivity index (χ2n) is 7.90. The van der Waals surface area contributed by atoms with E-state index in [1.54, 1.807) is 30.3 Å². The Kier molecular flexibility index (Phi) is 6.55. The molecule has 5 rings (SSSR count). The zero-order valence-electron chi connectivity index (χ0n) is 19.2. The Labute approximate surface area is 208 Å². The molecule has 1 heterocycles. The van der Waals surface area contributed by atoms with Crippen molar-refractivity contribution in [1.29, 1.82) is 0 Å². The zero-order valence-corrected chi connectivity index (χ0v) is 19.2. The summed E-state index contributed by atoms with van der Waals surface area (Å²) < 4.78 is 11.5. The first-order valence-electron chi connectivity index (χ1n) is 11.4. The van der Waals surface area contributed by atoms with E-state index in [4.69, 9.17) is 9.15 Å². The summed E-state index contributed by atoms with van der Waals surface area (Å²) in [4.78, 5) is 26.3. The van der Waals surface area contributed by atoms with Crippen LogP contribution >= 0.6 is 0 Å². The summed E-state index contributed by atoms with van der Waals surface area (Å²) in [6.45, 7) is 0. The molecule has 0 saturated heterocycles. The lowest BCUT2D eigenvalue weighted by Crippen LogP contribution is -2.17. The van der Waals surface area contributed by atoms with Gasteiger partial charge in [0.25, 0.3) is 0 Å². The van der Waals surface area contributed by atoms with Crippen LogP contribution in [0.1, 0.15) is 21.5 Å². The monoisotopic (exact) mass is 468 g/mol. The molecule has 0 unspecified atom stereocenters. The summed E-state index contributed by atoms with van der Waals surface area (Å²) in [5, 5.41) is 0. The number of carbonyl (C=O) groups excluding carboxylic acids is 1. The summed E-state index contributed by atoms with van der Waals surface area (Å²) >= 11 is 0. The standard InChI is InChI=1S/C32H20O4/c33-31(26-19-11-4-12-20-26)36-30-28(24-15-7-2-8-16-24)27(22-21-23-13-5-1-6-14-23)29(35-32(30)34)25-17-9-3-10-18-25/h1-20H. The minimum absolute atomic E-state index is 0.202. The molecular weight excluding hydrogens is 448 g/mol. The van der Waals surface area contributed by atoms with Gasteiger partial charge in [0.15, 0.2) is 5.76 Å². The van der Waals surface area contributed by atoms with Crippen molar-refractivity contribution < 1.29 is 13.9 Å². The van der Waals surface area contributed by atoms with Crippen molar-refractivity contribution in [2.24, 2.45) is 0 Å². The van der Waals surface area contributed by atoms with E-state index in [0.29, 0.717) is 33.6 Å². The van der Waals surface area contributed by atoms with Crippen molar-refractivity contribution in [3.8, 4) is 40.0 Å². The fourth-order valence-electron chi connectivity index (χ4n) is 3.79. The fourth-order valence-corrected chi connectivity index (χ4v) is 3.79. The molecular formula is C32H20O4. The molecule has 4 heteroatoms. The van der Waals surface area contributed by atoms with Crippen LogP contribution in [0.2, 0.25) is 0 Å². The summed E-state index contributed by atoms with van der Waals surface area (Å²) in [5.74, 6) is 5.81. The topological polar surface area (TPSA) is 56.5 Å². The highest BCUT2D eigenvalue weighted by molar-refractivity contribution is 5.93. The van der Waals surface area contributed by atoms with Crippen LogP contribution in [0.3, 0.4) is 0 Å². The highest BCUT2D eigenvalue weighted by Crippen LogP contribution is 2.37. The molecule has 5 aromatic rings. The van der Waals surface area contributed by atoms with E-state index in [-0.39, 0.29) is 5.75 Å². The molecule has 172 valence electrons. The Morgan fingerprint density at radius 3 is 1.78 bits per heavy atom. The smallest absolute Gasteiger partial charge is 0.380 e. The molecule has 36 heavy (non-hydrogen) atoms. The molecule has 0 fully saturated rings. The predicted octanol–water partition coefficient (Wildman–Crippen LogP) is 6.59. The van der Waals surface area contributed by atoms with Gasteiger partial charge >= 0.3 is 11.6 Å². The van der Waals surface area contributed by atoms with Crippen molar-refractivity contribution in [3.63, 3.8) is 0 Å². The van der Waals surface area contributed by atoms with E-state index in [1.807, 2.05) is 91.0 Å². The number of carbonyl (C=O) groups is 1. The lowest BCUT2D eigenvalue weighted by Gasteiger charge is -2.14. The number of ether oxygens (including phenoxy) is 1. The molecule has 0 amide bonds. The van der Waals surface area contributed by atoms with Gasteiger partial charge in [-0.1, -0.05) is 109 Å². The van der Waals surface area contributed by atoms with Gasteiger partial charge in [0.05, 0.1) is 16.7 Å². The van der Waals surface area contributed by atoms with Crippen LogP contribution in [0, 0.1) is 11.8 Å². The first-order chi connectivity index (χ1) is 17.7. The molecule has 0 aliphatic rings. The van der Waals surface area contributed by atoms with Crippen molar-refractivity contribution in [2.75, 3.05) is 0 Å². The van der Waals surface area contributed by atoms with Crippen LogP contribution in [0.25, 0.3) is 22.5 Å². The van der Waals surface area contributed by atoms with Crippen molar-refractivity contribution in [1.82, 2.24) is 0 Å². The second-order valence-corrected chi connectivity index (χ2v) is 7.90. The third-order valence-corrected chi connectivity index (χ3v) is 5.49.